The molecule has 0 aliphatic rings. The van der Waals surface area contributed by atoms with Gasteiger partial charge in [-0.05, 0) is 64.8 Å². The summed E-state index contributed by atoms with van der Waals surface area (Å²) in [7, 11) is 1.59. The van der Waals surface area contributed by atoms with Crippen molar-refractivity contribution in [2.75, 3.05) is 19.1 Å². The van der Waals surface area contributed by atoms with Gasteiger partial charge in [-0.3, -0.25) is 5.43 Å². The van der Waals surface area contributed by atoms with Crippen molar-refractivity contribution in [3.8, 4) is 11.5 Å². The van der Waals surface area contributed by atoms with Crippen LogP contribution in [0.15, 0.2) is 46.0 Å². The average molecular weight is 367 g/mol. The van der Waals surface area contributed by atoms with Crippen molar-refractivity contribution in [1.82, 2.24) is 0 Å². The van der Waals surface area contributed by atoms with E-state index < -0.39 is 0 Å². The second-order valence-electron chi connectivity index (χ2n) is 4.34. The standard InChI is InChI=1S/C16H16BrFN2O2/c1-3-22-16-14(17)8-11(9-15(16)21-2)10-19-20-13-6-4-12(18)5-7-13/h4-10,20H,3H2,1-2H3/b19-10+. The minimum atomic E-state index is -0.283. The first-order valence-corrected chi connectivity index (χ1v) is 7.48. The normalized spacial score (nSPS) is 10.7. The highest BCUT2D eigenvalue weighted by Gasteiger charge is 2.10. The minimum Gasteiger partial charge on any atom is -0.493 e. The number of hydrazone groups is 1. The Morgan fingerprint density at radius 1 is 1.27 bits per heavy atom. The molecule has 2 aromatic rings. The highest BCUT2D eigenvalue weighted by atomic mass is 79.9. The molecule has 0 heterocycles. The van der Waals surface area contributed by atoms with Crippen molar-refractivity contribution in [1.29, 1.82) is 0 Å². The molecule has 2 aromatic carbocycles. The second-order valence-corrected chi connectivity index (χ2v) is 5.20. The molecule has 0 bridgehead atoms. The number of benzene rings is 2. The number of anilines is 1. The van der Waals surface area contributed by atoms with Crippen LogP contribution in [0, 0.1) is 5.82 Å². The van der Waals surface area contributed by atoms with Crippen LogP contribution < -0.4 is 14.9 Å². The van der Waals surface area contributed by atoms with Crippen LogP contribution in [0.5, 0.6) is 11.5 Å². The van der Waals surface area contributed by atoms with Gasteiger partial charge in [0, 0.05) is 0 Å². The van der Waals surface area contributed by atoms with Gasteiger partial charge in [-0.25, -0.2) is 4.39 Å². The number of methoxy groups -OCH3 is 1. The van der Waals surface area contributed by atoms with E-state index in [2.05, 4.69) is 26.5 Å². The Morgan fingerprint density at radius 3 is 2.64 bits per heavy atom. The molecule has 22 heavy (non-hydrogen) atoms. The minimum absolute atomic E-state index is 0.283. The SMILES string of the molecule is CCOc1c(Br)cc(/C=N/Nc2ccc(F)cc2)cc1OC. The molecule has 0 unspecified atom stereocenters. The van der Waals surface area contributed by atoms with Crippen LogP contribution in [0.25, 0.3) is 0 Å². The van der Waals surface area contributed by atoms with Gasteiger partial charge in [-0.1, -0.05) is 0 Å². The number of nitrogens with zero attached hydrogens (tertiary/aromatic N) is 1. The quantitative estimate of drug-likeness (QED) is 0.606. The molecule has 0 amide bonds. The number of halogens is 2. The van der Waals surface area contributed by atoms with Crippen LogP contribution in [0.3, 0.4) is 0 Å². The van der Waals surface area contributed by atoms with Crippen molar-refractivity contribution >= 4 is 27.8 Å². The predicted molar refractivity (Wildman–Crippen MR) is 89.5 cm³/mol. The topological polar surface area (TPSA) is 42.8 Å². The molecule has 0 fully saturated rings. The Kier molecular flexibility index (Phi) is 5.77. The summed E-state index contributed by atoms with van der Waals surface area (Å²) in [6.07, 6.45) is 1.65. The first-order chi connectivity index (χ1) is 10.6. The largest absolute Gasteiger partial charge is 0.493 e. The third kappa shape index (κ3) is 4.21. The summed E-state index contributed by atoms with van der Waals surface area (Å²) in [5.41, 5.74) is 4.37. The van der Waals surface area contributed by atoms with Gasteiger partial charge in [-0.15, -0.1) is 0 Å². The maximum atomic E-state index is 12.8. The van der Waals surface area contributed by atoms with Gasteiger partial charge in [0.05, 0.1) is 30.1 Å². The van der Waals surface area contributed by atoms with Gasteiger partial charge >= 0.3 is 0 Å². The fraction of sp³-hybridized carbons (Fsp3) is 0.188. The molecular formula is C16H16BrFN2O2. The van der Waals surface area contributed by atoms with Crippen LogP contribution in [0.4, 0.5) is 10.1 Å². The summed E-state index contributed by atoms with van der Waals surface area (Å²) in [6.45, 7) is 2.46. The molecular weight excluding hydrogens is 351 g/mol. The Labute approximate surface area is 137 Å². The zero-order valence-corrected chi connectivity index (χ0v) is 13.9. The van der Waals surface area contributed by atoms with Gasteiger partial charge in [0.1, 0.15) is 5.82 Å². The molecule has 1 N–H and O–H groups in total. The van der Waals surface area contributed by atoms with Gasteiger partial charge in [0.2, 0.25) is 0 Å². The lowest BCUT2D eigenvalue weighted by atomic mass is 10.2. The van der Waals surface area contributed by atoms with E-state index in [1.807, 2.05) is 19.1 Å². The fourth-order valence-electron chi connectivity index (χ4n) is 1.80. The van der Waals surface area contributed by atoms with Crippen LogP contribution in [0.2, 0.25) is 0 Å². The molecule has 6 heteroatoms. The Balaban J connectivity index is 2.13. The molecule has 0 spiro atoms. The maximum Gasteiger partial charge on any atom is 0.175 e. The molecule has 116 valence electrons. The molecule has 0 aromatic heterocycles. The van der Waals surface area contributed by atoms with E-state index >= 15 is 0 Å². The smallest absolute Gasteiger partial charge is 0.175 e. The van der Waals surface area contributed by atoms with E-state index in [1.54, 1.807) is 25.5 Å². The molecule has 0 aliphatic heterocycles. The highest BCUT2D eigenvalue weighted by Crippen LogP contribution is 2.36. The zero-order chi connectivity index (χ0) is 15.9. The van der Waals surface area contributed by atoms with Crippen molar-refractivity contribution in [2.45, 2.75) is 6.92 Å². The lowest BCUT2D eigenvalue weighted by molar-refractivity contribution is 0.309. The van der Waals surface area contributed by atoms with Crippen LogP contribution in [0.1, 0.15) is 12.5 Å². The van der Waals surface area contributed by atoms with Crippen LogP contribution >= 0.6 is 15.9 Å². The van der Waals surface area contributed by atoms with Gasteiger partial charge < -0.3 is 9.47 Å². The molecule has 0 atom stereocenters. The predicted octanol–water partition coefficient (Wildman–Crippen LogP) is 4.44. The fourth-order valence-corrected chi connectivity index (χ4v) is 2.38. The molecule has 0 saturated carbocycles. The second kappa shape index (κ2) is 7.79. The van der Waals surface area contributed by atoms with Crippen molar-refractivity contribution in [2.24, 2.45) is 5.10 Å². The first kappa shape index (κ1) is 16.3. The average Bonchev–Trinajstić information content (AvgIpc) is 2.51. The summed E-state index contributed by atoms with van der Waals surface area (Å²) in [5, 5.41) is 4.12. The lowest BCUT2D eigenvalue weighted by Gasteiger charge is -2.12. The Bertz CT molecular complexity index is 660. The molecule has 0 radical (unpaired) electrons. The van der Waals surface area contributed by atoms with E-state index in [0.29, 0.717) is 23.8 Å². The van der Waals surface area contributed by atoms with E-state index in [0.717, 1.165) is 10.0 Å². The Morgan fingerprint density at radius 2 is 2.00 bits per heavy atom. The maximum absolute atomic E-state index is 12.8. The van der Waals surface area contributed by atoms with E-state index in [9.17, 15) is 4.39 Å². The molecule has 4 nitrogen and oxygen atoms in total. The lowest BCUT2D eigenvalue weighted by Crippen LogP contribution is -1.98. The number of hydrogen-bond acceptors (Lipinski definition) is 4. The van der Waals surface area contributed by atoms with Gasteiger partial charge in [-0.2, -0.15) is 5.10 Å². The number of nitrogens with one attached hydrogen (secondary N) is 1. The van der Waals surface area contributed by atoms with Gasteiger partial charge in [0.25, 0.3) is 0 Å². The molecule has 0 aliphatic carbocycles. The number of ether oxygens (including phenoxy) is 2. The number of hydrogen-bond donors (Lipinski definition) is 1. The van der Waals surface area contributed by atoms with E-state index in [1.165, 1.54) is 12.1 Å². The monoisotopic (exact) mass is 366 g/mol. The van der Waals surface area contributed by atoms with Crippen molar-refractivity contribution in [3.05, 3.63) is 52.3 Å². The van der Waals surface area contributed by atoms with Crippen LogP contribution in [-0.2, 0) is 0 Å². The summed E-state index contributed by atoms with van der Waals surface area (Å²) < 4.78 is 24.4. The summed E-state index contributed by atoms with van der Waals surface area (Å²) in [5.74, 6) is 1.00. The van der Waals surface area contributed by atoms with Crippen LogP contribution in [-0.4, -0.2) is 19.9 Å². The molecule has 0 saturated heterocycles. The highest BCUT2D eigenvalue weighted by molar-refractivity contribution is 9.10. The summed E-state index contributed by atoms with van der Waals surface area (Å²) in [4.78, 5) is 0. The van der Waals surface area contributed by atoms with Crippen molar-refractivity contribution in [3.63, 3.8) is 0 Å². The Hall–Kier alpha value is -2.08. The zero-order valence-electron chi connectivity index (χ0n) is 12.3. The van der Waals surface area contributed by atoms with E-state index in [-0.39, 0.29) is 5.82 Å². The van der Waals surface area contributed by atoms with Gasteiger partial charge in [0.15, 0.2) is 11.5 Å². The summed E-state index contributed by atoms with van der Waals surface area (Å²) >= 11 is 3.46. The number of rotatable bonds is 6. The van der Waals surface area contributed by atoms with E-state index in [4.69, 9.17) is 9.47 Å². The molecule has 2 rings (SSSR count). The third-order valence-electron chi connectivity index (χ3n) is 2.79. The third-order valence-corrected chi connectivity index (χ3v) is 3.38. The van der Waals surface area contributed by atoms with Crippen molar-refractivity contribution < 1.29 is 13.9 Å². The first-order valence-electron chi connectivity index (χ1n) is 6.69. The summed E-state index contributed by atoms with van der Waals surface area (Å²) in [6, 6.07) is 9.67.